The third-order valence-electron chi connectivity index (χ3n) is 6.54. The molecule has 41 heavy (non-hydrogen) atoms. The van der Waals surface area contributed by atoms with E-state index in [4.69, 9.17) is 4.74 Å². The summed E-state index contributed by atoms with van der Waals surface area (Å²) < 4.78 is 89.2. The van der Waals surface area contributed by atoms with Crippen molar-refractivity contribution in [1.82, 2.24) is 4.90 Å². The second-order valence-electron chi connectivity index (χ2n) is 10.4. The highest BCUT2D eigenvalue weighted by Gasteiger charge is 2.31. The van der Waals surface area contributed by atoms with E-state index in [9.17, 15) is 30.8 Å². The van der Waals surface area contributed by atoms with Crippen molar-refractivity contribution in [3.05, 3.63) is 94.8 Å². The Morgan fingerprint density at radius 1 is 0.951 bits per heavy atom. The number of methoxy groups -OCH3 is 1. The molecule has 0 fully saturated rings. The van der Waals surface area contributed by atoms with Crippen molar-refractivity contribution in [2.45, 2.75) is 43.3 Å². The predicted octanol–water partition coefficient (Wildman–Crippen LogP) is 6.28. The minimum atomic E-state index is -4.46. The summed E-state index contributed by atoms with van der Waals surface area (Å²) in [5.41, 5.74) is -0.179. The van der Waals surface area contributed by atoms with Crippen LogP contribution in [0.4, 0.5) is 17.6 Å². The van der Waals surface area contributed by atoms with Crippen LogP contribution < -0.4 is 4.74 Å². The zero-order valence-corrected chi connectivity index (χ0v) is 24.1. The highest BCUT2D eigenvalue weighted by Crippen LogP contribution is 2.31. The van der Waals surface area contributed by atoms with Crippen LogP contribution in [0.25, 0.3) is 0 Å². The number of carbonyl (C=O) groups is 1. The van der Waals surface area contributed by atoms with E-state index in [-0.39, 0.29) is 24.3 Å². The lowest BCUT2D eigenvalue weighted by Crippen LogP contribution is -2.37. The molecule has 3 aromatic carbocycles. The predicted molar refractivity (Wildman–Crippen MR) is 147 cm³/mol. The number of hydrogen-bond acceptors (Lipinski definition) is 6. The second-order valence-corrected chi connectivity index (χ2v) is 12.4. The van der Waals surface area contributed by atoms with Crippen LogP contribution in [-0.2, 0) is 32.7 Å². The van der Waals surface area contributed by atoms with Gasteiger partial charge >= 0.3 is 12.1 Å². The molecule has 0 spiro atoms. The van der Waals surface area contributed by atoms with Gasteiger partial charge < -0.3 is 9.47 Å². The van der Waals surface area contributed by atoms with Crippen LogP contribution in [0.1, 0.15) is 47.3 Å². The average Bonchev–Trinajstić information content (AvgIpc) is 2.90. The maximum atomic E-state index is 14.7. The summed E-state index contributed by atoms with van der Waals surface area (Å²) in [6.45, 7) is 5.36. The van der Waals surface area contributed by atoms with Crippen LogP contribution in [0.2, 0.25) is 0 Å². The monoisotopic (exact) mass is 595 g/mol. The molecule has 0 aliphatic carbocycles. The maximum Gasteiger partial charge on any atom is 0.416 e. The lowest BCUT2D eigenvalue weighted by molar-refractivity contribution is -0.137. The molecule has 0 radical (unpaired) electrons. The summed E-state index contributed by atoms with van der Waals surface area (Å²) in [6, 6.07) is 16.9. The Balaban J connectivity index is 1.78. The molecule has 0 amide bonds. The van der Waals surface area contributed by atoms with Gasteiger partial charge in [0.1, 0.15) is 17.1 Å². The maximum absolute atomic E-state index is 14.7. The minimum absolute atomic E-state index is 0.0606. The standard InChI is InChI=1S/C30H33F4NO5S/c1-29(2,22-11-6-5-7-12-22)20-35(19-21-10-8-13-23(16-21)30(32,33)34)14-9-15-40-24-17-25(31)27(28(36)39-3)26(18-24)41(4,37)38/h5-8,10-13,16-18H,9,14-15,19-20H2,1-4H3. The summed E-state index contributed by atoms with van der Waals surface area (Å²) in [6.07, 6.45) is -3.21. The molecule has 3 aromatic rings. The first-order valence-electron chi connectivity index (χ1n) is 12.8. The second kappa shape index (κ2) is 13.0. The van der Waals surface area contributed by atoms with Crippen molar-refractivity contribution in [1.29, 1.82) is 0 Å². The Morgan fingerprint density at radius 3 is 2.22 bits per heavy atom. The highest BCUT2D eigenvalue weighted by molar-refractivity contribution is 7.90. The molecule has 0 aliphatic rings. The molecule has 0 unspecified atom stereocenters. The minimum Gasteiger partial charge on any atom is -0.493 e. The smallest absolute Gasteiger partial charge is 0.416 e. The number of sulfone groups is 1. The van der Waals surface area contributed by atoms with E-state index >= 15 is 0 Å². The van der Waals surface area contributed by atoms with Gasteiger partial charge in [0.25, 0.3) is 0 Å². The van der Waals surface area contributed by atoms with Gasteiger partial charge in [0.2, 0.25) is 0 Å². The molecular weight excluding hydrogens is 562 g/mol. The molecule has 0 aromatic heterocycles. The van der Waals surface area contributed by atoms with E-state index in [1.807, 2.05) is 35.2 Å². The lowest BCUT2D eigenvalue weighted by atomic mass is 9.84. The molecule has 6 nitrogen and oxygen atoms in total. The molecule has 0 saturated carbocycles. The number of hydrogen-bond donors (Lipinski definition) is 0. The first-order chi connectivity index (χ1) is 19.1. The average molecular weight is 596 g/mol. The Labute approximate surface area is 237 Å². The van der Waals surface area contributed by atoms with Crippen LogP contribution in [-0.4, -0.2) is 52.3 Å². The summed E-state index contributed by atoms with van der Waals surface area (Å²) in [5.74, 6) is -2.30. The number of carbonyl (C=O) groups excluding carboxylic acids is 1. The Bertz CT molecular complexity index is 1460. The highest BCUT2D eigenvalue weighted by atomic mass is 32.2. The quantitative estimate of drug-likeness (QED) is 0.139. The molecule has 11 heteroatoms. The van der Waals surface area contributed by atoms with Crippen LogP contribution in [0.5, 0.6) is 5.75 Å². The summed E-state index contributed by atoms with van der Waals surface area (Å²) in [7, 11) is -2.97. The van der Waals surface area contributed by atoms with Crippen molar-refractivity contribution >= 4 is 15.8 Å². The molecule has 0 aliphatic heterocycles. The van der Waals surface area contributed by atoms with E-state index in [0.29, 0.717) is 25.1 Å². The number of ether oxygens (including phenoxy) is 2. The van der Waals surface area contributed by atoms with Crippen molar-refractivity contribution < 1.29 is 40.2 Å². The Hall–Kier alpha value is -3.44. The number of esters is 1. The lowest BCUT2D eigenvalue weighted by Gasteiger charge is -2.33. The van der Waals surface area contributed by atoms with E-state index in [0.717, 1.165) is 43.2 Å². The molecular formula is C30H33F4NO5S. The van der Waals surface area contributed by atoms with E-state index in [1.165, 1.54) is 6.07 Å². The summed E-state index contributed by atoms with van der Waals surface area (Å²) >= 11 is 0. The van der Waals surface area contributed by atoms with Gasteiger partial charge in [-0.25, -0.2) is 17.6 Å². The van der Waals surface area contributed by atoms with Gasteiger partial charge in [-0.05, 0) is 29.7 Å². The summed E-state index contributed by atoms with van der Waals surface area (Å²) in [5, 5.41) is 0. The van der Waals surface area contributed by atoms with Gasteiger partial charge in [-0.2, -0.15) is 13.2 Å². The summed E-state index contributed by atoms with van der Waals surface area (Å²) in [4.78, 5) is 13.4. The number of nitrogens with zero attached hydrogens (tertiary/aromatic N) is 1. The van der Waals surface area contributed by atoms with Gasteiger partial charge in [0.15, 0.2) is 9.84 Å². The van der Waals surface area contributed by atoms with Crippen molar-refractivity contribution in [3.63, 3.8) is 0 Å². The van der Waals surface area contributed by atoms with Gasteiger partial charge in [0, 0.05) is 37.4 Å². The Kier molecular flexibility index (Phi) is 10.2. The molecule has 0 bridgehead atoms. The van der Waals surface area contributed by atoms with Gasteiger partial charge in [-0.3, -0.25) is 4.90 Å². The molecule has 0 heterocycles. The molecule has 3 rings (SSSR count). The van der Waals surface area contributed by atoms with Crippen LogP contribution >= 0.6 is 0 Å². The van der Waals surface area contributed by atoms with E-state index in [2.05, 4.69) is 18.6 Å². The SMILES string of the molecule is COC(=O)c1c(F)cc(OCCCN(Cc2cccc(C(F)(F)F)c2)CC(C)(C)c2ccccc2)cc1S(C)(=O)=O. The van der Waals surface area contributed by atoms with Crippen molar-refractivity contribution in [2.75, 3.05) is 33.1 Å². The number of alkyl halides is 3. The zero-order valence-electron chi connectivity index (χ0n) is 23.3. The zero-order chi connectivity index (χ0) is 30.4. The first-order valence-corrected chi connectivity index (χ1v) is 14.7. The topological polar surface area (TPSA) is 72.9 Å². The fourth-order valence-corrected chi connectivity index (χ4v) is 5.45. The fourth-order valence-electron chi connectivity index (χ4n) is 4.57. The molecule has 0 N–H and O–H groups in total. The van der Waals surface area contributed by atoms with Gasteiger partial charge in [0.05, 0.1) is 24.2 Å². The number of rotatable bonds is 12. The normalized spacial score (nSPS) is 12.4. The van der Waals surface area contributed by atoms with Gasteiger partial charge in [-0.15, -0.1) is 0 Å². The third-order valence-corrected chi connectivity index (χ3v) is 7.66. The van der Waals surface area contributed by atoms with Crippen LogP contribution in [0.3, 0.4) is 0 Å². The van der Waals surface area contributed by atoms with Crippen LogP contribution in [0, 0.1) is 5.82 Å². The Morgan fingerprint density at radius 2 is 1.61 bits per heavy atom. The molecule has 0 saturated heterocycles. The number of halogens is 4. The fraction of sp³-hybridized carbons (Fsp3) is 0.367. The van der Waals surface area contributed by atoms with E-state index in [1.54, 1.807) is 6.07 Å². The number of benzene rings is 3. The van der Waals surface area contributed by atoms with E-state index < -0.39 is 43.8 Å². The van der Waals surface area contributed by atoms with Gasteiger partial charge in [-0.1, -0.05) is 62.4 Å². The van der Waals surface area contributed by atoms with Crippen molar-refractivity contribution in [2.24, 2.45) is 0 Å². The van der Waals surface area contributed by atoms with Crippen LogP contribution in [0.15, 0.2) is 71.6 Å². The molecule has 222 valence electrons. The largest absolute Gasteiger partial charge is 0.493 e. The molecule has 0 atom stereocenters. The first kappa shape index (κ1) is 32.1. The van der Waals surface area contributed by atoms with Crippen molar-refractivity contribution in [3.8, 4) is 5.75 Å². The third kappa shape index (κ3) is 8.77.